The van der Waals surface area contributed by atoms with E-state index in [2.05, 4.69) is 10.2 Å². The molecule has 1 unspecified atom stereocenters. The molecule has 0 spiro atoms. The topological polar surface area (TPSA) is 52.7 Å². The second-order valence-corrected chi connectivity index (χ2v) is 5.92. The molecule has 1 aromatic carbocycles. The van der Waals surface area contributed by atoms with E-state index in [1.54, 1.807) is 19.1 Å². The minimum atomic E-state index is -0.284. The molecule has 1 fully saturated rings. The lowest BCUT2D eigenvalue weighted by molar-refractivity contribution is -0.128. The van der Waals surface area contributed by atoms with Crippen molar-refractivity contribution in [2.45, 2.75) is 32.9 Å². The summed E-state index contributed by atoms with van der Waals surface area (Å²) in [6.07, 6.45) is 0.870. The smallest absolute Gasteiger partial charge is 0.237 e. The number of carbonyl (C=O) groups is 2. The number of hydrogen-bond donors (Lipinski definition) is 1. The third-order valence-corrected chi connectivity index (χ3v) is 4.28. The molecular formula is C17H24FN3O2. The lowest BCUT2D eigenvalue weighted by Gasteiger charge is -2.26. The second kappa shape index (κ2) is 8.06. The number of halogens is 1. The van der Waals surface area contributed by atoms with Gasteiger partial charge in [0.15, 0.2) is 0 Å². The highest BCUT2D eigenvalue weighted by molar-refractivity contribution is 5.81. The van der Waals surface area contributed by atoms with Crippen LogP contribution in [-0.2, 0) is 16.1 Å². The van der Waals surface area contributed by atoms with Crippen molar-refractivity contribution in [2.75, 3.05) is 26.2 Å². The fraction of sp³-hybridized carbons (Fsp3) is 0.529. The number of benzene rings is 1. The van der Waals surface area contributed by atoms with Crippen LogP contribution in [0.1, 0.15) is 25.8 Å². The fourth-order valence-electron chi connectivity index (χ4n) is 2.74. The minimum absolute atomic E-state index is 0.0504. The van der Waals surface area contributed by atoms with Gasteiger partial charge in [0.25, 0.3) is 0 Å². The average molecular weight is 321 g/mol. The zero-order valence-electron chi connectivity index (χ0n) is 13.7. The van der Waals surface area contributed by atoms with Gasteiger partial charge in [-0.15, -0.1) is 0 Å². The summed E-state index contributed by atoms with van der Waals surface area (Å²) in [5.74, 6) is -0.251. The second-order valence-electron chi connectivity index (χ2n) is 5.92. The molecule has 1 aromatic rings. The molecule has 23 heavy (non-hydrogen) atoms. The Morgan fingerprint density at radius 1 is 1.17 bits per heavy atom. The normalized spacial score (nSPS) is 17.4. The first-order valence-corrected chi connectivity index (χ1v) is 7.99. The number of rotatable bonds is 4. The van der Waals surface area contributed by atoms with E-state index in [4.69, 9.17) is 0 Å². The average Bonchev–Trinajstić information content (AvgIpc) is 2.79. The standard InChI is InChI=1S/C17H24FN3O2/c1-13(20-8-3-9-21(11-10-20)14(2)22)17(23)19-12-15-4-6-16(18)7-5-15/h4-7,13H,3,8-12H2,1-2H3,(H,19,23). The maximum Gasteiger partial charge on any atom is 0.237 e. The van der Waals surface area contributed by atoms with Crippen molar-refractivity contribution in [3.05, 3.63) is 35.6 Å². The van der Waals surface area contributed by atoms with Gasteiger partial charge in [-0.25, -0.2) is 4.39 Å². The van der Waals surface area contributed by atoms with Gasteiger partial charge < -0.3 is 10.2 Å². The number of nitrogens with zero attached hydrogens (tertiary/aromatic N) is 2. The number of amides is 2. The predicted octanol–water partition coefficient (Wildman–Crippen LogP) is 1.38. The third kappa shape index (κ3) is 5.03. The Bertz CT molecular complexity index is 547. The number of nitrogens with one attached hydrogen (secondary N) is 1. The van der Waals surface area contributed by atoms with Gasteiger partial charge in [0, 0.05) is 39.6 Å². The largest absolute Gasteiger partial charge is 0.351 e. The molecule has 1 saturated heterocycles. The van der Waals surface area contributed by atoms with Gasteiger partial charge in [-0.2, -0.15) is 0 Å². The maximum atomic E-state index is 12.9. The van der Waals surface area contributed by atoms with Crippen LogP contribution < -0.4 is 5.32 Å². The van der Waals surface area contributed by atoms with E-state index in [1.165, 1.54) is 12.1 Å². The quantitative estimate of drug-likeness (QED) is 0.912. The lowest BCUT2D eigenvalue weighted by Crippen LogP contribution is -2.46. The molecule has 1 aliphatic heterocycles. The summed E-state index contributed by atoms with van der Waals surface area (Å²) in [5, 5.41) is 2.89. The Kier molecular flexibility index (Phi) is 6.10. The first-order valence-electron chi connectivity index (χ1n) is 7.99. The van der Waals surface area contributed by atoms with Crippen molar-refractivity contribution in [3.8, 4) is 0 Å². The summed E-state index contributed by atoms with van der Waals surface area (Å²) in [6, 6.07) is 5.85. The van der Waals surface area contributed by atoms with Crippen molar-refractivity contribution in [1.29, 1.82) is 0 Å². The number of carbonyl (C=O) groups excluding carboxylic acids is 2. The third-order valence-electron chi connectivity index (χ3n) is 4.28. The zero-order valence-corrected chi connectivity index (χ0v) is 13.7. The van der Waals surface area contributed by atoms with Crippen LogP contribution in [0.5, 0.6) is 0 Å². The molecule has 6 heteroatoms. The first-order chi connectivity index (χ1) is 11.0. The van der Waals surface area contributed by atoms with Crippen molar-refractivity contribution in [3.63, 3.8) is 0 Å². The molecule has 1 aliphatic rings. The van der Waals surface area contributed by atoms with Crippen molar-refractivity contribution < 1.29 is 14.0 Å². The maximum absolute atomic E-state index is 12.9. The molecular weight excluding hydrogens is 297 g/mol. The van der Waals surface area contributed by atoms with E-state index < -0.39 is 0 Å². The molecule has 2 amide bonds. The Hall–Kier alpha value is -1.95. The molecule has 126 valence electrons. The molecule has 2 rings (SSSR count). The lowest BCUT2D eigenvalue weighted by atomic mass is 10.2. The molecule has 1 N–H and O–H groups in total. The molecule has 0 aliphatic carbocycles. The monoisotopic (exact) mass is 321 g/mol. The zero-order chi connectivity index (χ0) is 16.8. The molecule has 0 bridgehead atoms. The fourth-order valence-corrected chi connectivity index (χ4v) is 2.74. The van der Waals surface area contributed by atoms with Crippen molar-refractivity contribution >= 4 is 11.8 Å². The summed E-state index contributed by atoms with van der Waals surface area (Å²) in [7, 11) is 0. The Balaban J connectivity index is 1.84. The summed E-state index contributed by atoms with van der Waals surface area (Å²) in [6.45, 7) is 6.75. The molecule has 5 nitrogen and oxygen atoms in total. The Morgan fingerprint density at radius 2 is 1.87 bits per heavy atom. The van der Waals surface area contributed by atoms with E-state index in [0.717, 1.165) is 25.1 Å². The van der Waals surface area contributed by atoms with Crippen LogP contribution in [0.15, 0.2) is 24.3 Å². The summed E-state index contributed by atoms with van der Waals surface area (Å²) >= 11 is 0. The van der Waals surface area contributed by atoms with Gasteiger partial charge in [-0.1, -0.05) is 12.1 Å². The first kappa shape index (κ1) is 17.4. The predicted molar refractivity (Wildman–Crippen MR) is 86.2 cm³/mol. The van der Waals surface area contributed by atoms with Crippen LogP contribution in [0.25, 0.3) is 0 Å². The molecule has 0 aromatic heterocycles. The highest BCUT2D eigenvalue weighted by Crippen LogP contribution is 2.08. The minimum Gasteiger partial charge on any atom is -0.351 e. The van der Waals surface area contributed by atoms with Gasteiger partial charge in [0.05, 0.1) is 6.04 Å². The SMILES string of the molecule is CC(=O)N1CCCN(C(C)C(=O)NCc2ccc(F)cc2)CC1. The molecule has 0 radical (unpaired) electrons. The van der Waals surface area contributed by atoms with E-state index in [9.17, 15) is 14.0 Å². The van der Waals surface area contributed by atoms with E-state index in [1.807, 2.05) is 11.8 Å². The van der Waals surface area contributed by atoms with E-state index in [-0.39, 0.29) is 23.7 Å². The highest BCUT2D eigenvalue weighted by atomic mass is 19.1. The summed E-state index contributed by atoms with van der Waals surface area (Å²) in [5.41, 5.74) is 0.866. The van der Waals surface area contributed by atoms with E-state index in [0.29, 0.717) is 19.6 Å². The van der Waals surface area contributed by atoms with Gasteiger partial charge in [0.1, 0.15) is 5.82 Å². The Morgan fingerprint density at radius 3 is 2.52 bits per heavy atom. The van der Waals surface area contributed by atoms with Crippen LogP contribution in [0.4, 0.5) is 4.39 Å². The van der Waals surface area contributed by atoms with Crippen LogP contribution in [0.3, 0.4) is 0 Å². The Labute approximate surface area is 136 Å². The molecule has 1 atom stereocenters. The summed E-state index contributed by atoms with van der Waals surface area (Å²) in [4.78, 5) is 27.7. The van der Waals surface area contributed by atoms with Crippen LogP contribution in [-0.4, -0.2) is 53.8 Å². The van der Waals surface area contributed by atoms with E-state index >= 15 is 0 Å². The van der Waals surface area contributed by atoms with Gasteiger partial charge >= 0.3 is 0 Å². The van der Waals surface area contributed by atoms with Crippen LogP contribution in [0, 0.1) is 5.82 Å². The highest BCUT2D eigenvalue weighted by Gasteiger charge is 2.24. The van der Waals surface area contributed by atoms with Gasteiger partial charge in [-0.3, -0.25) is 14.5 Å². The molecule has 0 saturated carbocycles. The van der Waals surface area contributed by atoms with Crippen molar-refractivity contribution in [1.82, 2.24) is 15.1 Å². The van der Waals surface area contributed by atoms with Gasteiger partial charge in [0.2, 0.25) is 11.8 Å². The summed E-state index contributed by atoms with van der Waals surface area (Å²) < 4.78 is 12.9. The van der Waals surface area contributed by atoms with Crippen LogP contribution >= 0.6 is 0 Å². The molecule has 1 heterocycles. The van der Waals surface area contributed by atoms with Crippen LogP contribution in [0.2, 0.25) is 0 Å². The number of hydrogen-bond acceptors (Lipinski definition) is 3. The van der Waals surface area contributed by atoms with Crippen molar-refractivity contribution in [2.24, 2.45) is 0 Å². The van der Waals surface area contributed by atoms with Gasteiger partial charge in [-0.05, 0) is 31.0 Å².